The predicted molar refractivity (Wildman–Crippen MR) is 84.3 cm³/mol. The van der Waals surface area contributed by atoms with Crippen LogP contribution in [0.15, 0.2) is 42.6 Å². The number of pyridine rings is 1. The van der Waals surface area contributed by atoms with Gasteiger partial charge in [-0.25, -0.2) is 0 Å². The predicted octanol–water partition coefficient (Wildman–Crippen LogP) is 3.53. The molecule has 1 aliphatic carbocycles. The number of rotatable bonds is 3. The first-order chi connectivity index (χ1) is 10.2. The van der Waals surface area contributed by atoms with Gasteiger partial charge >= 0.3 is 0 Å². The summed E-state index contributed by atoms with van der Waals surface area (Å²) in [5, 5.41) is 6.31. The molecule has 1 aromatic heterocycles. The van der Waals surface area contributed by atoms with Crippen LogP contribution in [0.3, 0.4) is 0 Å². The van der Waals surface area contributed by atoms with Gasteiger partial charge in [-0.1, -0.05) is 6.07 Å². The first kappa shape index (κ1) is 13.6. The lowest BCUT2D eigenvalue weighted by molar-refractivity contribution is -0.114. The average molecular weight is 281 g/mol. The van der Waals surface area contributed by atoms with E-state index in [2.05, 4.69) is 21.7 Å². The van der Waals surface area contributed by atoms with Crippen molar-refractivity contribution in [1.29, 1.82) is 0 Å². The molecule has 2 N–H and O–H groups in total. The van der Waals surface area contributed by atoms with Gasteiger partial charge in [0, 0.05) is 24.5 Å². The van der Waals surface area contributed by atoms with Crippen LogP contribution >= 0.6 is 0 Å². The van der Waals surface area contributed by atoms with Gasteiger partial charge in [-0.05, 0) is 55.2 Å². The lowest BCUT2D eigenvalue weighted by atomic mass is 9.92. The van der Waals surface area contributed by atoms with E-state index in [1.54, 1.807) is 0 Å². The lowest BCUT2D eigenvalue weighted by Gasteiger charge is -2.26. The molecular weight excluding hydrogens is 262 g/mol. The minimum Gasteiger partial charge on any atom is -0.377 e. The molecule has 3 rings (SSSR count). The SMILES string of the molecule is CC(=O)Nc1ccc(NC2CCCc3cccnc32)cc1. The molecule has 0 radical (unpaired) electrons. The summed E-state index contributed by atoms with van der Waals surface area (Å²) in [7, 11) is 0. The Morgan fingerprint density at radius 2 is 1.95 bits per heavy atom. The van der Waals surface area contributed by atoms with Crippen LogP contribution in [0, 0.1) is 0 Å². The molecule has 0 aliphatic heterocycles. The minimum atomic E-state index is -0.0545. The van der Waals surface area contributed by atoms with Crippen LogP contribution < -0.4 is 10.6 Å². The van der Waals surface area contributed by atoms with Crippen molar-refractivity contribution in [1.82, 2.24) is 4.98 Å². The van der Waals surface area contributed by atoms with Crippen LogP contribution in [0.2, 0.25) is 0 Å². The van der Waals surface area contributed by atoms with E-state index in [-0.39, 0.29) is 11.9 Å². The summed E-state index contributed by atoms with van der Waals surface area (Å²) in [4.78, 5) is 15.6. The summed E-state index contributed by atoms with van der Waals surface area (Å²) in [6.45, 7) is 1.51. The monoisotopic (exact) mass is 281 g/mol. The molecule has 1 aliphatic rings. The molecule has 21 heavy (non-hydrogen) atoms. The number of nitrogens with one attached hydrogen (secondary N) is 2. The zero-order valence-corrected chi connectivity index (χ0v) is 12.1. The molecule has 1 atom stereocenters. The number of amides is 1. The van der Waals surface area contributed by atoms with E-state index in [1.165, 1.54) is 18.9 Å². The zero-order chi connectivity index (χ0) is 14.7. The van der Waals surface area contributed by atoms with E-state index in [9.17, 15) is 4.79 Å². The maximum atomic E-state index is 11.0. The first-order valence-electron chi connectivity index (χ1n) is 7.30. The highest BCUT2D eigenvalue weighted by atomic mass is 16.1. The van der Waals surface area contributed by atoms with Gasteiger partial charge in [0.25, 0.3) is 0 Å². The van der Waals surface area contributed by atoms with Crippen molar-refractivity contribution in [2.45, 2.75) is 32.2 Å². The van der Waals surface area contributed by atoms with Crippen LogP contribution in [-0.2, 0) is 11.2 Å². The maximum Gasteiger partial charge on any atom is 0.221 e. The molecule has 2 aromatic rings. The van der Waals surface area contributed by atoms with E-state index in [4.69, 9.17) is 0 Å². The highest BCUT2D eigenvalue weighted by molar-refractivity contribution is 5.88. The number of nitrogens with zero attached hydrogens (tertiary/aromatic N) is 1. The van der Waals surface area contributed by atoms with Crippen LogP contribution in [-0.4, -0.2) is 10.9 Å². The number of carbonyl (C=O) groups excluding carboxylic acids is 1. The third-order valence-electron chi connectivity index (χ3n) is 3.74. The fraction of sp³-hybridized carbons (Fsp3) is 0.294. The number of aryl methyl sites for hydroxylation is 1. The number of hydrogen-bond donors (Lipinski definition) is 2. The van der Waals surface area contributed by atoms with E-state index in [1.807, 2.05) is 36.5 Å². The molecule has 4 nitrogen and oxygen atoms in total. The fourth-order valence-electron chi connectivity index (χ4n) is 2.80. The van der Waals surface area contributed by atoms with E-state index >= 15 is 0 Å². The van der Waals surface area contributed by atoms with Gasteiger partial charge in [0.15, 0.2) is 0 Å². The Labute approximate surface area is 124 Å². The summed E-state index contributed by atoms with van der Waals surface area (Å²) in [5.41, 5.74) is 4.37. The molecule has 108 valence electrons. The topological polar surface area (TPSA) is 54.0 Å². The van der Waals surface area contributed by atoms with E-state index in [0.29, 0.717) is 0 Å². The fourth-order valence-corrected chi connectivity index (χ4v) is 2.80. The van der Waals surface area contributed by atoms with Crippen LogP contribution in [0.5, 0.6) is 0 Å². The summed E-state index contributed by atoms with van der Waals surface area (Å²) >= 11 is 0. The van der Waals surface area contributed by atoms with Crippen LogP contribution in [0.25, 0.3) is 0 Å². The molecule has 1 unspecified atom stereocenters. The largest absolute Gasteiger partial charge is 0.377 e. The number of benzene rings is 1. The molecular formula is C17H19N3O. The molecule has 1 amide bonds. The van der Waals surface area contributed by atoms with Gasteiger partial charge in [0.1, 0.15) is 0 Å². The number of fused-ring (bicyclic) bond motifs is 1. The van der Waals surface area contributed by atoms with Crippen molar-refractivity contribution in [2.24, 2.45) is 0 Å². The van der Waals surface area contributed by atoms with Gasteiger partial charge in [-0.2, -0.15) is 0 Å². The Morgan fingerprint density at radius 1 is 1.19 bits per heavy atom. The van der Waals surface area contributed by atoms with Crippen molar-refractivity contribution in [2.75, 3.05) is 10.6 Å². The second-order valence-electron chi connectivity index (χ2n) is 5.40. The molecule has 4 heteroatoms. The second-order valence-corrected chi connectivity index (χ2v) is 5.40. The molecule has 1 aromatic carbocycles. The quantitative estimate of drug-likeness (QED) is 0.905. The van der Waals surface area contributed by atoms with Crippen molar-refractivity contribution in [3.8, 4) is 0 Å². The molecule has 0 spiro atoms. The highest BCUT2D eigenvalue weighted by Gasteiger charge is 2.20. The number of carbonyl (C=O) groups is 1. The second kappa shape index (κ2) is 5.95. The Kier molecular flexibility index (Phi) is 3.86. The normalized spacial score (nSPS) is 16.9. The van der Waals surface area contributed by atoms with Crippen LogP contribution in [0.1, 0.15) is 37.1 Å². The van der Waals surface area contributed by atoms with Crippen LogP contribution in [0.4, 0.5) is 11.4 Å². The van der Waals surface area contributed by atoms with Gasteiger partial charge in [-0.3, -0.25) is 9.78 Å². The Balaban J connectivity index is 1.74. The van der Waals surface area contributed by atoms with E-state index in [0.717, 1.165) is 29.9 Å². The summed E-state index contributed by atoms with van der Waals surface area (Å²) < 4.78 is 0. The van der Waals surface area contributed by atoms with Crippen molar-refractivity contribution in [3.63, 3.8) is 0 Å². The standard InChI is InChI=1S/C17H19N3O/c1-12(21)19-14-7-9-15(10-8-14)20-16-6-2-4-13-5-3-11-18-17(13)16/h3,5,7-11,16,20H,2,4,6H2,1H3,(H,19,21). The minimum absolute atomic E-state index is 0.0545. The lowest BCUT2D eigenvalue weighted by Crippen LogP contribution is -2.18. The molecule has 1 heterocycles. The van der Waals surface area contributed by atoms with Crippen molar-refractivity contribution < 1.29 is 4.79 Å². The maximum absolute atomic E-state index is 11.0. The average Bonchev–Trinajstić information content (AvgIpc) is 2.49. The summed E-state index contributed by atoms with van der Waals surface area (Å²) in [6, 6.07) is 12.2. The number of hydrogen-bond acceptors (Lipinski definition) is 3. The number of anilines is 2. The van der Waals surface area contributed by atoms with Gasteiger partial charge in [-0.15, -0.1) is 0 Å². The molecule has 0 bridgehead atoms. The summed E-state index contributed by atoms with van der Waals surface area (Å²) in [5.74, 6) is -0.0545. The van der Waals surface area contributed by atoms with Gasteiger partial charge < -0.3 is 10.6 Å². The Morgan fingerprint density at radius 3 is 2.71 bits per heavy atom. The smallest absolute Gasteiger partial charge is 0.221 e. The Bertz CT molecular complexity index is 637. The first-order valence-corrected chi connectivity index (χ1v) is 7.30. The third kappa shape index (κ3) is 3.21. The van der Waals surface area contributed by atoms with Gasteiger partial charge in [0.05, 0.1) is 11.7 Å². The van der Waals surface area contributed by atoms with Crippen molar-refractivity contribution in [3.05, 3.63) is 53.9 Å². The summed E-state index contributed by atoms with van der Waals surface area (Å²) in [6.07, 6.45) is 5.25. The third-order valence-corrected chi connectivity index (χ3v) is 3.74. The molecule has 0 saturated carbocycles. The van der Waals surface area contributed by atoms with Gasteiger partial charge in [0.2, 0.25) is 5.91 Å². The van der Waals surface area contributed by atoms with E-state index < -0.39 is 0 Å². The highest BCUT2D eigenvalue weighted by Crippen LogP contribution is 2.31. The number of aromatic nitrogens is 1. The Hall–Kier alpha value is -2.36. The molecule has 0 fully saturated rings. The zero-order valence-electron chi connectivity index (χ0n) is 12.1. The molecule has 0 saturated heterocycles. The van der Waals surface area contributed by atoms with Crippen molar-refractivity contribution >= 4 is 17.3 Å².